The maximum atomic E-state index is 12.6. The van der Waals surface area contributed by atoms with Crippen LogP contribution in [0.25, 0.3) is 11.4 Å². The minimum Gasteiger partial charge on any atom is -0.376 e. The van der Waals surface area contributed by atoms with Gasteiger partial charge in [0.1, 0.15) is 6.54 Å². The van der Waals surface area contributed by atoms with Crippen molar-refractivity contribution in [1.82, 2.24) is 25.5 Å². The standard InChI is InChI=1S/C21H22N6O3/c28-19(14-27-25-20(24-26-27)15-7-2-1-3-8-15)23-18-11-5-4-10-17(18)21(29)22-13-16-9-6-12-30-16/h1-5,7-8,10-11,16H,6,9,12-14H2,(H,22,29)(H,23,28). The molecule has 1 fully saturated rings. The van der Waals surface area contributed by atoms with Crippen molar-refractivity contribution in [2.75, 3.05) is 18.5 Å². The Kier molecular flexibility index (Phi) is 6.09. The number of para-hydroxylation sites is 1. The van der Waals surface area contributed by atoms with Crippen LogP contribution in [0.5, 0.6) is 0 Å². The van der Waals surface area contributed by atoms with Crippen LogP contribution in [0.1, 0.15) is 23.2 Å². The summed E-state index contributed by atoms with van der Waals surface area (Å²) in [6.45, 7) is 1.06. The number of hydrogen-bond donors (Lipinski definition) is 2. The molecule has 1 saturated heterocycles. The molecule has 0 bridgehead atoms. The topological polar surface area (TPSA) is 111 Å². The Morgan fingerprint density at radius 1 is 1.10 bits per heavy atom. The third-order valence-electron chi connectivity index (χ3n) is 4.73. The van der Waals surface area contributed by atoms with E-state index in [2.05, 4.69) is 26.0 Å². The first-order valence-electron chi connectivity index (χ1n) is 9.81. The zero-order valence-corrected chi connectivity index (χ0v) is 16.3. The second-order valence-electron chi connectivity index (χ2n) is 6.95. The molecular weight excluding hydrogens is 384 g/mol. The van der Waals surface area contributed by atoms with Crippen LogP contribution in [0, 0.1) is 0 Å². The molecule has 0 saturated carbocycles. The van der Waals surface area contributed by atoms with Crippen LogP contribution in [-0.4, -0.2) is 51.3 Å². The first-order chi connectivity index (χ1) is 14.7. The fraction of sp³-hybridized carbons (Fsp3) is 0.286. The maximum absolute atomic E-state index is 12.6. The van der Waals surface area contributed by atoms with Gasteiger partial charge in [0.15, 0.2) is 0 Å². The molecule has 2 aromatic carbocycles. The van der Waals surface area contributed by atoms with Gasteiger partial charge >= 0.3 is 0 Å². The van der Waals surface area contributed by atoms with E-state index < -0.39 is 0 Å². The summed E-state index contributed by atoms with van der Waals surface area (Å²) < 4.78 is 5.53. The normalized spacial score (nSPS) is 15.7. The summed E-state index contributed by atoms with van der Waals surface area (Å²) in [6.07, 6.45) is 2.00. The number of benzene rings is 2. The number of carbonyl (C=O) groups excluding carboxylic acids is 2. The van der Waals surface area contributed by atoms with Gasteiger partial charge in [-0.25, -0.2) is 0 Å². The van der Waals surface area contributed by atoms with E-state index in [1.54, 1.807) is 24.3 Å². The molecule has 0 radical (unpaired) electrons. The van der Waals surface area contributed by atoms with Crippen molar-refractivity contribution in [1.29, 1.82) is 0 Å². The summed E-state index contributed by atoms with van der Waals surface area (Å²) >= 11 is 0. The molecule has 1 unspecified atom stereocenters. The van der Waals surface area contributed by atoms with Crippen LogP contribution >= 0.6 is 0 Å². The number of anilines is 1. The molecule has 1 aliphatic heterocycles. The molecule has 2 N–H and O–H groups in total. The summed E-state index contributed by atoms with van der Waals surface area (Å²) in [4.78, 5) is 26.3. The first kappa shape index (κ1) is 19.7. The van der Waals surface area contributed by atoms with Crippen molar-refractivity contribution in [2.24, 2.45) is 0 Å². The van der Waals surface area contributed by atoms with Crippen molar-refractivity contribution in [3.63, 3.8) is 0 Å². The van der Waals surface area contributed by atoms with Gasteiger partial charge in [-0.3, -0.25) is 9.59 Å². The van der Waals surface area contributed by atoms with Crippen LogP contribution in [0.2, 0.25) is 0 Å². The van der Waals surface area contributed by atoms with Crippen LogP contribution in [0.15, 0.2) is 54.6 Å². The number of nitrogens with zero attached hydrogens (tertiary/aromatic N) is 4. The van der Waals surface area contributed by atoms with Gasteiger partial charge in [-0.2, -0.15) is 4.80 Å². The van der Waals surface area contributed by atoms with Crippen molar-refractivity contribution < 1.29 is 14.3 Å². The number of tetrazole rings is 1. The number of aromatic nitrogens is 4. The number of rotatable bonds is 7. The second-order valence-corrected chi connectivity index (χ2v) is 6.95. The van der Waals surface area contributed by atoms with E-state index in [0.717, 1.165) is 25.0 Å². The van der Waals surface area contributed by atoms with Crippen LogP contribution in [0.4, 0.5) is 5.69 Å². The second kappa shape index (κ2) is 9.27. The summed E-state index contributed by atoms with van der Waals surface area (Å²) in [7, 11) is 0. The molecule has 4 rings (SSSR count). The van der Waals surface area contributed by atoms with Crippen molar-refractivity contribution >= 4 is 17.5 Å². The highest BCUT2D eigenvalue weighted by Crippen LogP contribution is 2.16. The van der Waals surface area contributed by atoms with E-state index in [1.807, 2.05) is 30.3 Å². The predicted octanol–water partition coefficient (Wildman–Crippen LogP) is 1.89. The van der Waals surface area contributed by atoms with Gasteiger partial charge in [0.25, 0.3) is 5.91 Å². The van der Waals surface area contributed by atoms with E-state index in [9.17, 15) is 9.59 Å². The van der Waals surface area contributed by atoms with Gasteiger partial charge < -0.3 is 15.4 Å². The fourth-order valence-corrected chi connectivity index (χ4v) is 3.23. The molecule has 9 nitrogen and oxygen atoms in total. The highest BCUT2D eigenvalue weighted by Gasteiger charge is 2.19. The molecule has 30 heavy (non-hydrogen) atoms. The largest absolute Gasteiger partial charge is 0.376 e. The SMILES string of the molecule is O=C(Cn1nnc(-c2ccccc2)n1)Nc1ccccc1C(=O)NCC1CCCO1. The number of carbonyl (C=O) groups is 2. The van der Waals surface area contributed by atoms with Gasteiger partial charge in [0.2, 0.25) is 11.7 Å². The highest BCUT2D eigenvalue weighted by molar-refractivity contribution is 6.03. The number of hydrogen-bond acceptors (Lipinski definition) is 6. The van der Waals surface area contributed by atoms with Gasteiger partial charge in [0, 0.05) is 18.7 Å². The minimum atomic E-state index is -0.355. The lowest BCUT2D eigenvalue weighted by molar-refractivity contribution is -0.117. The molecule has 154 valence electrons. The van der Waals surface area contributed by atoms with Gasteiger partial charge in [-0.15, -0.1) is 10.2 Å². The lowest BCUT2D eigenvalue weighted by Crippen LogP contribution is -2.32. The maximum Gasteiger partial charge on any atom is 0.253 e. The highest BCUT2D eigenvalue weighted by atomic mass is 16.5. The van der Waals surface area contributed by atoms with Crippen molar-refractivity contribution in [2.45, 2.75) is 25.5 Å². The summed E-state index contributed by atoms with van der Waals surface area (Å²) in [5.41, 5.74) is 1.63. The Hall–Kier alpha value is -3.59. The molecule has 0 spiro atoms. The third kappa shape index (κ3) is 4.87. The van der Waals surface area contributed by atoms with Crippen LogP contribution in [-0.2, 0) is 16.1 Å². The van der Waals surface area contributed by atoms with E-state index in [1.165, 1.54) is 4.80 Å². The molecule has 2 amide bonds. The summed E-state index contributed by atoms with van der Waals surface area (Å²) in [5, 5.41) is 17.8. The monoisotopic (exact) mass is 406 g/mol. The van der Waals surface area contributed by atoms with E-state index in [4.69, 9.17) is 4.74 Å². The quantitative estimate of drug-likeness (QED) is 0.620. The lowest BCUT2D eigenvalue weighted by atomic mass is 10.1. The summed E-state index contributed by atoms with van der Waals surface area (Å²) in [5.74, 6) is -0.171. The lowest BCUT2D eigenvalue weighted by Gasteiger charge is -2.13. The van der Waals surface area contributed by atoms with E-state index in [0.29, 0.717) is 23.6 Å². The third-order valence-corrected chi connectivity index (χ3v) is 4.73. The molecule has 3 aromatic rings. The molecule has 1 aromatic heterocycles. The van der Waals surface area contributed by atoms with E-state index >= 15 is 0 Å². The van der Waals surface area contributed by atoms with Crippen LogP contribution in [0.3, 0.4) is 0 Å². The van der Waals surface area contributed by atoms with Crippen LogP contribution < -0.4 is 10.6 Å². The Balaban J connectivity index is 1.37. The predicted molar refractivity (Wildman–Crippen MR) is 110 cm³/mol. The zero-order chi connectivity index (χ0) is 20.8. The molecule has 0 aliphatic carbocycles. The molecule has 2 heterocycles. The molecular formula is C21H22N6O3. The number of ether oxygens (including phenoxy) is 1. The average Bonchev–Trinajstić information content (AvgIpc) is 3.45. The minimum absolute atomic E-state index is 0.0490. The first-order valence-corrected chi connectivity index (χ1v) is 9.81. The Bertz CT molecular complexity index is 1010. The van der Waals surface area contributed by atoms with Crippen molar-refractivity contribution in [3.05, 3.63) is 60.2 Å². The van der Waals surface area contributed by atoms with Gasteiger partial charge in [-0.05, 0) is 30.2 Å². The number of nitrogens with one attached hydrogen (secondary N) is 2. The van der Waals surface area contributed by atoms with Gasteiger partial charge in [0.05, 0.1) is 17.4 Å². The number of amides is 2. The Morgan fingerprint density at radius 2 is 1.90 bits per heavy atom. The average molecular weight is 406 g/mol. The van der Waals surface area contributed by atoms with E-state index in [-0.39, 0.29) is 24.5 Å². The molecule has 1 atom stereocenters. The van der Waals surface area contributed by atoms with Gasteiger partial charge in [-0.1, -0.05) is 42.5 Å². The fourth-order valence-electron chi connectivity index (χ4n) is 3.23. The molecule has 1 aliphatic rings. The summed E-state index contributed by atoms with van der Waals surface area (Å²) in [6, 6.07) is 16.3. The Morgan fingerprint density at radius 3 is 2.70 bits per heavy atom. The zero-order valence-electron chi connectivity index (χ0n) is 16.3. The molecule has 9 heteroatoms. The smallest absolute Gasteiger partial charge is 0.253 e. The Labute approximate surface area is 173 Å². The van der Waals surface area contributed by atoms with Crippen molar-refractivity contribution in [3.8, 4) is 11.4 Å².